The summed E-state index contributed by atoms with van der Waals surface area (Å²) in [6.07, 6.45) is 11.7. The fourth-order valence-electron chi connectivity index (χ4n) is 0.373. The van der Waals surface area contributed by atoms with Gasteiger partial charge >= 0.3 is 19.8 Å². The van der Waals surface area contributed by atoms with Crippen molar-refractivity contribution in [1.29, 1.82) is 0 Å². The molecule has 2 N–H and O–H groups in total. The molecule has 0 unspecified atom stereocenters. The average Bonchev–Trinajstić information content (AvgIpc) is 2.67. The minimum atomic E-state index is 0. The Labute approximate surface area is 77.5 Å². The van der Waals surface area contributed by atoms with E-state index in [2.05, 4.69) is 32.6 Å². The molecule has 0 aromatic carbocycles. The first kappa shape index (κ1) is 10.1. The number of aromatic amines is 2. The van der Waals surface area contributed by atoms with Crippen molar-refractivity contribution in [2.45, 2.75) is 0 Å². The Bertz CT molecular complexity index is 154. The fraction of sp³-hybridized carbons (Fsp3) is 0. The van der Waals surface area contributed by atoms with Crippen LogP contribution in [0.15, 0.2) is 24.8 Å². The maximum atomic E-state index is 3.54. The van der Waals surface area contributed by atoms with E-state index >= 15 is 0 Å². The van der Waals surface area contributed by atoms with Crippen LogP contribution < -0.4 is 0 Å². The maximum absolute atomic E-state index is 3.54. The largest absolute Gasteiger partial charge is 2.00 e. The van der Waals surface area contributed by atoms with Gasteiger partial charge in [-0.25, -0.2) is 0 Å². The van der Waals surface area contributed by atoms with Crippen molar-refractivity contribution in [2.24, 2.45) is 0 Å². The Kier molecular flexibility index (Phi) is 6.55. The summed E-state index contributed by atoms with van der Waals surface area (Å²) in [4.78, 5) is 12.3. The van der Waals surface area contributed by atoms with Crippen LogP contribution in [0.1, 0.15) is 0 Å². The Hall–Kier alpha value is -0.944. The monoisotopic (exact) mass is 326 g/mol. The third-order valence-electron chi connectivity index (χ3n) is 0.723. The molecule has 2 heterocycles. The van der Waals surface area contributed by atoms with E-state index in [1.54, 1.807) is 24.8 Å². The van der Waals surface area contributed by atoms with E-state index in [9.17, 15) is 0 Å². The van der Waals surface area contributed by atoms with Gasteiger partial charge in [-0.2, -0.15) is 0 Å². The van der Waals surface area contributed by atoms with E-state index in [0.717, 1.165) is 0 Å². The van der Waals surface area contributed by atoms with Crippen LogP contribution in [0, 0.1) is 12.7 Å². The van der Waals surface area contributed by atoms with Gasteiger partial charge < -0.3 is 19.9 Å². The van der Waals surface area contributed by atoms with Crippen LogP contribution in [-0.2, 0) is 19.8 Å². The van der Waals surface area contributed by atoms with Crippen molar-refractivity contribution in [1.82, 2.24) is 19.9 Å². The van der Waals surface area contributed by atoms with E-state index < -0.39 is 0 Å². The molecule has 0 amide bonds. The van der Waals surface area contributed by atoms with Crippen LogP contribution in [0.25, 0.3) is 0 Å². The summed E-state index contributed by atoms with van der Waals surface area (Å²) in [7, 11) is 0. The van der Waals surface area contributed by atoms with Crippen LogP contribution in [0.2, 0.25) is 0 Å². The molecule has 0 atom stereocenters. The third-order valence-corrected chi connectivity index (χ3v) is 0.723. The van der Waals surface area contributed by atoms with Crippen LogP contribution >= 0.6 is 0 Å². The second kappa shape index (κ2) is 7.17. The van der Waals surface area contributed by atoms with Crippen molar-refractivity contribution in [3.05, 3.63) is 37.4 Å². The van der Waals surface area contributed by atoms with Gasteiger partial charge in [0.2, 0.25) is 0 Å². The molecule has 0 spiro atoms. The van der Waals surface area contributed by atoms with Gasteiger partial charge in [0.05, 0.1) is 0 Å². The second-order valence-electron chi connectivity index (χ2n) is 1.40. The minimum absolute atomic E-state index is 0. The number of nitrogens with one attached hydrogen (secondary N) is 2. The van der Waals surface area contributed by atoms with E-state index in [1.165, 1.54) is 0 Å². The summed E-state index contributed by atoms with van der Waals surface area (Å²) in [6, 6.07) is 0. The van der Waals surface area contributed by atoms with Gasteiger partial charge in [-0.05, 0) is 12.7 Å². The summed E-state index contributed by atoms with van der Waals surface area (Å²) in [5.41, 5.74) is 0. The Morgan fingerprint density at radius 1 is 0.909 bits per heavy atom. The number of rotatable bonds is 0. The Morgan fingerprint density at radius 3 is 1.45 bits per heavy atom. The molecular formula is C6H6N4Os. The number of H-pyrrole nitrogens is 2. The number of hydrogen-bond donors (Lipinski definition) is 2. The molecule has 11 heavy (non-hydrogen) atoms. The molecule has 0 bridgehead atoms. The molecule has 2 aromatic rings. The summed E-state index contributed by atoms with van der Waals surface area (Å²) in [5, 5.41) is 0. The zero-order valence-corrected chi connectivity index (χ0v) is 8.10. The summed E-state index contributed by atoms with van der Waals surface area (Å²) < 4.78 is 0. The van der Waals surface area contributed by atoms with Gasteiger partial charge in [0, 0.05) is 0 Å². The number of nitrogens with zero attached hydrogens (tertiary/aromatic N) is 2. The number of imidazole rings is 2. The summed E-state index contributed by atoms with van der Waals surface area (Å²) >= 11 is 0. The standard InChI is InChI=1S/2C3H3N2.Os/c2*1-2-5-3-4-1;/h2*1-2H,(H,4,5);/q2*-1;+2. The average molecular weight is 324 g/mol. The SMILES string of the molecule is [Os+2].[c-]1ncc[nH]1.[c-]1ncc[nH]1. The van der Waals surface area contributed by atoms with Crippen molar-refractivity contribution in [3.8, 4) is 0 Å². The van der Waals surface area contributed by atoms with Gasteiger partial charge in [0.25, 0.3) is 0 Å². The maximum Gasteiger partial charge on any atom is 2.00 e. The predicted molar refractivity (Wildman–Crippen MR) is 34.8 cm³/mol. The van der Waals surface area contributed by atoms with Crippen molar-refractivity contribution in [3.63, 3.8) is 0 Å². The first-order valence-corrected chi connectivity index (χ1v) is 2.71. The fourth-order valence-corrected chi connectivity index (χ4v) is 0.373. The van der Waals surface area contributed by atoms with E-state index in [-0.39, 0.29) is 19.8 Å². The molecule has 0 saturated heterocycles. The zero-order chi connectivity index (χ0) is 7.07. The molecule has 5 heteroatoms. The Balaban J connectivity index is 0.000000167. The van der Waals surface area contributed by atoms with E-state index in [1.807, 2.05) is 0 Å². The molecule has 4 nitrogen and oxygen atoms in total. The van der Waals surface area contributed by atoms with E-state index in [0.29, 0.717) is 0 Å². The number of hydrogen-bond acceptors (Lipinski definition) is 2. The zero-order valence-electron chi connectivity index (χ0n) is 5.56. The third kappa shape index (κ3) is 5.50. The Morgan fingerprint density at radius 2 is 1.36 bits per heavy atom. The molecule has 0 aliphatic heterocycles. The molecule has 0 radical (unpaired) electrons. The summed E-state index contributed by atoms with van der Waals surface area (Å²) in [5.74, 6) is 0. The molecule has 2 aromatic heterocycles. The second-order valence-corrected chi connectivity index (χ2v) is 1.40. The molecule has 58 valence electrons. The van der Waals surface area contributed by atoms with Crippen molar-refractivity contribution >= 4 is 0 Å². The molecule has 0 aliphatic rings. The van der Waals surface area contributed by atoms with Gasteiger partial charge in [0.1, 0.15) is 0 Å². The molecule has 0 saturated carbocycles. The van der Waals surface area contributed by atoms with Crippen LogP contribution in [-0.4, -0.2) is 19.9 Å². The smallest absolute Gasteiger partial charge is 0.467 e. The topological polar surface area (TPSA) is 57.4 Å². The molecule has 2 rings (SSSR count). The van der Waals surface area contributed by atoms with Crippen LogP contribution in [0.4, 0.5) is 0 Å². The van der Waals surface area contributed by atoms with Gasteiger partial charge in [-0.1, -0.05) is 0 Å². The van der Waals surface area contributed by atoms with Gasteiger partial charge in [-0.3, -0.25) is 0 Å². The van der Waals surface area contributed by atoms with E-state index in [4.69, 9.17) is 0 Å². The molecule has 0 aliphatic carbocycles. The quantitative estimate of drug-likeness (QED) is 0.690. The predicted octanol–water partition coefficient (Wildman–Crippen LogP) is 0.417. The molecular weight excluding hydrogens is 318 g/mol. The first-order chi connectivity index (χ1) is 5.00. The van der Waals surface area contributed by atoms with Gasteiger partial charge in [0.15, 0.2) is 0 Å². The number of aromatic nitrogens is 4. The van der Waals surface area contributed by atoms with Gasteiger partial charge in [-0.15, -0.1) is 24.8 Å². The first-order valence-electron chi connectivity index (χ1n) is 2.71. The summed E-state index contributed by atoms with van der Waals surface area (Å²) in [6.45, 7) is 0. The van der Waals surface area contributed by atoms with Crippen molar-refractivity contribution < 1.29 is 19.8 Å². The van der Waals surface area contributed by atoms with Crippen molar-refractivity contribution in [2.75, 3.05) is 0 Å². The van der Waals surface area contributed by atoms with Crippen LogP contribution in [0.3, 0.4) is 0 Å². The minimum Gasteiger partial charge on any atom is -0.467 e. The van der Waals surface area contributed by atoms with Crippen LogP contribution in [0.5, 0.6) is 0 Å². The normalized spacial score (nSPS) is 7.27. The molecule has 0 fully saturated rings.